The van der Waals surface area contributed by atoms with Gasteiger partial charge in [0.2, 0.25) is 0 Å². The van der Waals surface area contributed by atoms with E-state index in [4.69, 9.17) is 4.74 Å². The van der Waals surface area contributed by atoms with Crippen molar-refractivity contribution in [2.45, 2.75) is 31.8 Å². The van der Waals surface area contributed by atoms with Gasteiger partial charge in [0.05, 0.1) is 30.0 Å². The summed E-state index contributed by atoms with van der Waals surface area (Å²) in [5, 5.41) is 7.36. The Kier molecular flexibility index (Phi) is 5.87. The van der Waals surface area contributed by atoms with E-state index >= 15 is 0 Å². The van der Waals surface area contributed by atoms with Gasteiger partial charge < -0.3 is 14.2 Å². The molecule has 2 aromatic heterocycles. The number of amides is 1. The maximum absolute atomic E-state index is 13.4. The third-order valence-electron chi connectivity index (χ3n) is 6.05. The number of halogens is 1. The van der Waals surface area contributed by atoms with Gasteiger partial charge in [0.1, 0.15) is 11.6 Å². The molecule has 0 spiro atoms. The van der Waals surface area contributed by atoms with Crippen LogP contribution in [-0.4, -0.2) is 55.8 Å². The average Bonchev–Trinajstić information content (AvgIpc) is 3.58. The summed E-state index contributed by atoms with van der Waals surface area (Å²) in [6.07, 6.45) is 4.00. The summed E-state index contributed by atoms with van der Waals surface area (Å²) in [4.78, 5) is 24.3. The third-order valence-corrected chi connectivity index (χ3v) is 6.05. The van der Waals surface area contributed by atoms with Gasteiger partial charge in [-0.3, -0.25) is 9.89 Å². The van der Waals surface area contributed by atoms with Crippen molar-refractivity contribution in [2.24, 2.45) is 0 Å². The first-order chi connectivity index (χ1) is 16.1. The van der Waals surface area contributed by atoms with E-state index in [-0.39, 0.29) is 17.8 Å². The molecule has 1 N–H and O–H groups in total. The lowest BCUT2D eigenvalue weighted by molar-refractivity contribution is 0.0730. The second kappa shape index (κ2) is 9.11. The van der Waals surface area contributed by atoms with Crippen LogP contribution >= 0.6 is 0 Å². The highest BCUT2D eigenvalue weighted by Crippen LogP contribution is 2.32. The number of rotatable bonds is 7. The zero-order chi connectivity index (χ0) is 22.8. The number of carbonyl (C=O) groups excluding carboxylic acids is 1. The molecule has 8 nitrogen and oxygen atoms in total. The minimum atomic E-state index is -0.267. The van der Waals surface area contributed by atoms with Crippen molar-refractivity contribution in [3.8, 4) is 0 Å². The number of imidazole rings is 1. The molecule has 1 fully saturated rings. The number of carbonyl (C=O) groups is 1. The number of H-pyrrole nitrogens is 1. The number of ether oxygens (including phenoxy) is 1. The van der Waals surface area contributed by atoms with E-state index in [1.165, 1.54) is 12.1 Å². The Labute approximate surface area is 190 Å². The molecule has 0 bridgehead atoms. The Hall–Kier alpha value is -3.59. The molecule has 0 aliphatic carbocycles. The molecule has 170 valence electrons. The second-order valence-corrected chi connectivity index (χ2v) is 8.23. The van der Waals surface area contributed by atoms with Gasteiger partial charge in [0.15, 0.2) is 5.82 Å². The van der Waals surface area contributed by atoms with E-state index in [0.29, 0.717) is 43.3 Å². The van der Waals surface area contributed by atoms with Gasteiger partial charge in [-0.1, -0.05) is 12.1 Å². The summed E-state index contributed by atoms with van der Waals surface area (Å²) in [6.45, 7) is 1.96. The number of fused-ring (bicyclic) bond motifs is 1. The lowest BCUT2D eigenvalue weighted by Crippen LogP contribution is -2.31. The number of methoxy groups -OCH3 is 1. The molecule has 0 unspecified atom stereocenters. The monoisotopic (exact) mass is 448 g/mol. The van der Waals surface area contributed by atoms with Gasteiger partial charge in [0, 0.05) is 32.2 Å². The summed E-state index contributed by atoms with van der Waals surface area (Å²) in [7, 11) is 1.67. The van der Waals surface area contributed by atoms with Gasteiger partial charge in [0.25, 0.3) is 5.91 Å². The number of benzene rings is 2. The summed E-state index contributed by atoms with van der Waals surface area (Å²) in [5.41, 5.74) is 3.30. The number of nitrogens with one attached hydrogen (secondary N) is 1. The van der Waals surface area contributed by atoms with Crippen molar-refractivity contribution in [3.63, 3.8) is 0 Å². The van der Waals surface area contributed by atoms with Crippen LogP contribution < -0.4 is 0 Å². The van der Waals surface area contributed by atoms with Crippen LogP contribution in [0.25, 0.3) is 11.0 Å². The maximum atomic E-state index is 13.4. The fourth-order valence-corrected chi connectivity index (χ4v) is 4.34. The predicted octanol–water partition coefficient (Wildman–Crippen LogP) is 3.51. The summed E-state index contributed by atoms with van der Waals surface area (Å²) in [5.74, 6) is 0.995. The molecule has 0 saturated carbocycles. The zero-order valence-electron chi connectivity index (χ0n) is 18.4. The topological polar surface area (TPSA) is 88.9 Å². The van der Waals surface area contributed by atoms with E-state index in [1.807, 2.05) is 27.7 Å². The standard InChI is InChI=1S/C24H25FN6O2/c1-33-12-11-30-15-26-19-14-17(6-9-20(19)30)24(32)31-10-2-3-21(31)23-27-22(28-29-23)13-16-4-7-18(25)8-5-16/h4-9,14-15,21H,2-3,10-13H2,1H3,(H,27,28,29)/t21-/m1/s1. The predicted molar refractivity (Wildman–Crippen MR) is 120 cm³/mol. The highest BCUT2D eigenvalue weighted by atomic mass is 19.1. The molecule has 1 amide bonds. The number of aromatic nitrogens is 5. The minimum Gasteiger partial charge on any atom is -0.383 e. The highest BCUT2D eigenvalue weighted by molar-refractivity contribution is 5.97. The van der Waals surface area contributed by atoms with Crippen LogP contribution in [0.4, 0.5) is 4.39 Å². The number of aromatic amines is 1. The van der Waals surface area contributed by atoms with E-state index in [2.05, 4.69) is 20.2 Å². The number of hydrogen-bond donors (Lipinski definition) is 1. The van der Waals surface area contributed by atoms with Crippen LogP contribution in [0.1, 0.15) is 46.5 Å². The fraction of sp³-hybridized carbons (Fsp3) is 0.333. The lowest BCUT2D eigenvalue weighted by atomic mass is 10.1. The van der Waals surface area contributed by atoms with Gasteiger partial charge in [-0.05, 0) is 48.7 Å². The molecule has 1 atom stereocenters. The van der Waals surface area contributed by atoms with Crippen LogP contribution in [-0.2, 0) is 17.7 Å². The van der Waals surface area contributed by atoms with Crippen LogP contribution in [0.15, 0.2) is 48.8 Å². The Bertz CT molecular complexity index is 1270. The minimum absolute atomic E-state index is 0.0456. The van der Waals surface area contributed by atoms with E-state index in [9.17, 15) is 9.18 Å². The molecule has 1 aliphatic heterocycles. The first kappa shape index (κ1) is 21.3. The summed E-state index contributed by atoms with van der Waals surface area (Å²) < 4.78 is 20.3. The van der Waals surface area contributed by atoms with E-state index < -0.39 is 0 Å². The van der Waals surface area contributed by atoms with Gasteiger partial charge in [-0.2, -0.15) is 5.10 Å². The maximum Gasteiger partial charge on any atom is 0.254 e. The quantitative estimate of drug-likeness (QED) is 0.467. The number of likely N-dealkylation sites (tertiary alicyclic amines) is 1. The van der Waals surface area contributed by atoms with E-state index in [0.717, 1.165) is 29.4 Å². The Morgan fingerprint density at radius 1 is 1.24 bits per heavy atom. The van der Waals surface area contributed by atoms with Crippen LogP contribution in [0.2, 0.25) is 0 Å². The molecular weight excluding hydrogens is 423 g/mol. The second-order valence-electron chi connectivity index (χ2n) is 8.23. The molecule has 1 saturated heterocycles. The number of hydrogen-bond acceptors (Lipinski definition) is 5. The van der Waals surface area contributed by atoms with Gasteiger partial charge in [-0.25, -0.2) is 14.4 Å². The molecule has 4 aromatic rings. The van der Waals surface area contributed by atoms with Crippen LogP contribution in [0.3, 0.4) is 0 Å². The smallest absolute Gasteiger partial charge is 0.254 e. The SMILES string of the molecule is COCCn1cnc2cc(C(=O)N3CCC[C@@H]3c3n[nH]c(Cc4ccc(F)cc4)n3)ccc21. The molecule has 33 heavy (non-hydrogen) atoms. The van der Waals surface area contributed by atoms with Crippen molar-refractivity contribution in [1.82, 2.24) is 29.6 Å². The zero-order valence-corrected chi connectivity index (χ0v) is 18.4. The molecule has 9 heteroatoms. The summed E-state index contributed by atoms with van der Waals surface area (Å²) >= 11 is 0. The largest absolute Gasteiger partial charge is 0.383 e. The average molecular weight is 449 g/mol. The van der Waals surface area contributed by atoms with Crippen molar-refractivity contribution in [1.29, 1.82) is 0 Å². The Morgan fingerprint density at radius 3 is 2.91 bits per heavy atom. The molecule has 2 aromatic carbocycles. The molecule has 5 rings (SSSR count). The Balaban J connectivity index is 1.32. The van der Waals surface area contributed by atoms with Crippen molar-refractivity contribution in [3.05, 3.63) is 77.4 Å². The van der Waals surface area contributed by atoms with E-state index in [1.54, 1.807) is 25.6 Å². The highest BCUT2D eigenvalue weighted by Gasteiger charge is 2.33. The van der Waals surface area contributed by atoms with Gasteiger partial charge in [-0.15, -0.1) is 0 Å². The molecule has 3 heterocycles. The third kappa shape index (κ3) is 4.36. The van der Waals surface area contributed by atoms with Crippen molar-refractivity contribution < 1.29 is 13.9 Å². The first-order valence-electron chi connectivity index (χ1n) is 11.0. The molecular formula is C24H25FN6O2. The van der Waals surface area contributed by atoms with Crippen LogP contribution in [0.5, 0.6) is 0 Å². The fourth-order valence-electron chi connectivity index (χ4n) is 4.34. The van der Waals surface area contributed by atoms with Crippen molar-refractivity contribution >= 4 is 16.9 Å². The van der Waals surface area contributed by atoms with Crippen LogP contribution in [0, 0.1) is 5.82 Å². The van der Waals surface area contributed by atoms with Crippen molar-refractivity contribution in [2.75, 3.05) is 20.3 Å². The number of nitrogens with zero attached hydrogens (tertiary/aromatic N) is 5. The normalized spacial score (nSPS) is 16.1. The lowest BCUT2D eigenvalue weighted by Gasteiger charge is -2.22. The molecule has 1 aliphatic rings. The van der Waals surface area contributed by atoms with Gasteiger partial charge >= 0.3 is 0 Å². The molecule has 0 radical (unpaired) electrons. The first-order valence-corrected chi connectivity index (χ1v) is 11.0. The Morgan fingerprint density at radius 2 is 2.09 bits per heavy atom. The summed E-state index contributed by atoms with van der Waals surface area (Å²) in [6, 6.07) is 11.8.